The fraction of sp³-hybridized carbons (Fsp3) is 0. The van der Waals surface area contributed by atoms with Gasteiger partial charge in [0.1, 0.15) is 6.07 Å². The maximum Gasteiger partial charge on any atom is 0.233 e. The second-order valence-electron chi connectivity index (χ2n) is 1.44. The number of aromatic nitrogens is 2. The number of halogens is 2. The van der Waals surface area contributed by atoms with Crippen LogP contribution in [0.15, 0.2) is 6.20 Å². The lowest BCUT2D eigenvalue weighted by atomic mass is 10.6. The van der Waals surface area contributed by atoms with Gasteiger partial charge in [0, 0.05) is 0 Å². The van der Waals surface area contributed by atoms with Crippen LogP contribution in [-0.2, 0) is 0 Å². The van der Waals surface area contributed by atoms with Crippen LogP contribution in [-0.4, -0.2) is 9.97 Å². The molecule has 0 N–H and O–H groups in total. The number of hydrogen-bond donors (Lipinski definition) is 0. The Labute approximate surface area is 67.2 Å². The van der Waals surface area contributed by atoms with Gasteiger partial charge in [-0.05, 0) is 0 Å². The molecule has 10 heavy (non-hydrogen) atoms. The zero-order valence-corrected chi connectivity index (χ0v) is 6.19. The molecule has 1 rings (SSSR count). The van der Waals surface area contributed by atoms with Gasteiger partial charge in [0.25, 0.3) is 0 Å². The van der Waals surface area contributed by atoms with E-state index < -0.39 is 0 Å². The fourth-order valence-corrected chi connectivity index (χ4v) is 0.620. The van der Waals surface area contributed by atoms with Crippen molar-refractivity contribution in [3.63, 3.8) is 0 Å². The topological polar surface area (TPSA) is 49.6 Å². The summed E-state index contributed by atoms with van der Waals surface area (Å²) >= 11 is 10.9. The molecule has 1 aromatic heterocycles. The van der Waals surface area contributed by atoms with Crippen LogP contribution in [0, 0.1) is 11.3 Å². The summed E-state index contributed by atoms with van der Waals surface area (Å²) in [4.78, 5) is 7.12. The van der Waals surface area contributed by atoms with E-state index in [0.29, 0.717) is 0 Å². The van der Waals surface area contributed by atoms with E-state index in [4.69, 9.17) is 28.5 Å². The van der Waals surface area contributed by atoms with Crippen LogP contribution >= 0.6 is 23.2 Å². The number of hydrogen-bond acceptors (Lipinski definition) is 3. The summed E-state index contributed by atoms with van der Waals surface area (Å²) in [6.07, 6.45) is 1.29. The molecule has 0 aromatic carbocycles. The molecule has 3 nitrogen and oxygen atoms in total. The highest BCUT2D eigenvalue weighted by Crippen LogP contribution is 2.16. The molecule has 50 valence electrons. The standard InChI is InChI=1S/C5HCl2N3/c6-3-2-9-4(1-8)10-5(3)7/h2H. The van der Waals surface area contributed by atoms with E-state index in [1.54, 1.807) is 6.07 Å². The Morgan fingerprint density at radius 3 is 2.70 bits per heavy atom. The van der Waals surface area contributed by atoms with Gasteiger partial charge in [-0.15, -0.1) is 0 Å². The van der Waals surface area contributed by atoms with Crippen molar-refractivity contribution in [2.45, 2.75) is 0 Å². The Morgan fingerprint density at radius 2 is 2.20 bits per heavy atom. The molecule has 0 saturated heterocycles. The summed E-state index contributed by atoms with van der Waals surface area (Å²) < 4.78 is 0. The molecule has 0 atom stereocenters. The average Bonchev–Trinajstić information content (AvgIpc) is 1.95. The summed E-state index contributed by atoms with van der Waals surface area (Å²) in [7, 11) is 0. The molecule has 0 fully saturated rings. The van der Waals surface area contributed by atoms with Crippen molar-refractivity contribution in [1.82, 2.24) is 9.97 Å². The normalized spacial score (nSPS) is 8.90. The highest BCUT2D eigenvalue weighted by Gasteiger charge is 1.99. The average molecular weight is 174 g/mol. The molecule has 0 amide bonds. The molecule has 5 heteroatoms. The smallest absolute Gasteiger partial charge is 0.226 e. The van der Waals surface area contributed by atoms with Crippen LogP contribution in [0.2, 0.25) is 10.2 Å². The molecule has 1 aromatic rings. The van der Waals surface area contributed by atoms with E-state index in [-0.39, 0.29) is 16.0 Å². The third-order valence-electron chi connectivity index (χ3n) is 0.801. The van der Waals surface area contributed by atoms with Crippen LogP contribution in [0.25, 0.3) is 0 Å². The first kappa shape index (κ1) is 7.26. The summed E-state index contributed by atoms with van der Waals surface area (Å²) in [5, 5.41) is 8.63. The minimum absolute atomic E-state index is 0.0226. The molecule has 0 bridgehead atoms. The minimum atomic E-state index is 0.0226. The third-order valence-corrected chi connectivity index (χ3v) is 1.46. The van der Waals surface area contributed by atoms with Gasteiger partial charge in [-0.3, -0.25) is 0 Å². The zero-order valence-electron chi connectivity index (χ0n) is 4.67. The summed E-state index contributed by atoms with van der Waals surface area (Å²) in [5.41, 5.74) is 0. The predicted molar refractivity (Wildman–Crippen MR) is 36.8 cm³/mol. The molecule has 1 heterocycles. The van der Waals surface area contributed by atoms with E-state index >= 15 is 0 Å². The fourth-order valence-electron chi connectivity index (χ4n) is 0.400. The van der Waals surface area contributed by atoms with E-state index in [1.807, 2.05) is 0 Å². The molecule has 0 aliphatic rings. The monoisotopic (exact) mass is 173 g/mol. The Morgan fingerprint density at radius 1 is 1.50 bits per heavy atom. The molecule has 0 unspecified atom stereocenters. The molecule has 0 radical (unpaired) electrons. The van der Waals surface area contributed by atoms with Gasteiger partial charge in [0.2, 0.25) is 5.82 Å². The quantitative estimate of drug-likeness (QED) is 0.561. The first-order valence-corrected chi connectivity index (χ1v) is 3.08. The Kier molecular flexibility index (Phi) is 2.05. The first-order valence-electron chi connectivity index (χ1n) is 2.32. The van der Waals surface area contributed by atoms with Gasteiger partial charge >= 0.3 is 0 Å². The van der Waals surface area contributed by atoms with Crippen molar-refractivity contribution in [3.8, 4) is 6.07 Å². The van der Waals surface area contributed by atoms with Crippen LogP contribution in [0.3, 0.4) is 0 Å². The Bertz CT molecular complexity index is 291. The van der Waals surface area contributed by atoms with E-state index in [2.05, 4.69) is 9.97 Å². The van der Waals surface area contributed by atoms with Gasteiger partial charge in [-0.25, -0.2) is 9.97 Å². The van der Waals surface area contributed by atoms with Crippen molar-refractivity contribution in [2.75, 3.05) is 0 Å². The predicted octanol–water partition coefficient (Wildman–Crippen LogP) is 1.66. The van der Waals surface area contributed by atoms with Gasteiger partial charge < -0.3 is 0 Å². The third kappa shape index (κ3) is 1.35. The summed E-state index contributed by atoms with van der Waals surface area (Å²) in [6.45, 7) is 0. The van der Waals surface area contributed by atoms with E-state index in [0.717, 1.165) is 0 Å². The molecule has 0 saturated carbocycles. The second-order valence-corrected chi connectivity index (χ2v) is 2.21. The number of nitriles is 1. The van der Waals surface area contributed by atoms with Gasteiger partial charge in [0.05, 0.1) is 11.2 Å². The molecular formula is C5HCl2N3. The SMILES string of the molecule is N#Cc1ncc(Cl)c(Cl)n1. The van der Waals surface area contributed by atoms with Crippen LogP contribution in [0.1, 0.15) is 5.82 Å². The van der Waals surface area contributed by atoms with Gasteiger partial charge in [-0.2, -0.15) is 5.26 Å². The maximum absolute atomic E-state index is 8.28. The zero-order chi connectivity index (χ0) is 7.56. The summed E-state index contributed by atoms with van der Waals surface area (Å²) in [6, 6.07) is 1.73. The highest BCUT2D eigenvalue weighted by atomic mass is 35.5. The van der Waals surface area contributed by atoms with Crippen molar-refractivity contribution in [3.05, 3.63) is 22.2 Å². The lowest BCUT2D eigenvalue weighted by Crippen LogP contribution is -1.87. The second kappa shape index (κ2) is 2.82. The maximum atomic E-state index is 8.28. The summed E-state index contributed by atoms with van der Waals surface area (Å²) in [5.74, 6) is 0.0226. The minimum Gasteiger partial charge on any atom is -0.226 e. The van der Waals surface area contributed by atoms with E-state index in [1.165, 1.54) is 6.20 Å². The molecular weight excluding hydrogens is 173 g/mol. The Balaban J connectivity index is 3.20. The van der Waals surface area contributed by atoms with Crippen LogP contribution in [0.5, 0.6) is 0 Å². The largest absolute Gasteiger partial charge is 0.233 e. The number of rotatable bonds is 0. The van der Waals surface area contributed by atoms with E-state index in [9.17, 15) is 0 Å². The molecule has 0 aliphatic carbocycles. The highest BCUT2D eigenvalue weighted by molar-refractivity contribution is 6.41. The molecule has 0 spiro atoms. The van der Waals surface area contributed by atoms with Crippen molar-refractivity contribution in [1.29, 1.82) is 5.26 Å². The number of nitrogens with zero attached hydrogens (tertiary/aromatic N) is 3. The molecule has 0 aliphatic heterocycles. The lowest BCUT2D eigenvalue weighted by molar-refractivity contribution is 1.11. The van der Waals surface area contributed by atoms with Gasteiger partial charge in [-0.1, -0.05) is 23.2 Å². The van der Waals surface area contributed by atoms with Crippen LogP contribution in [0.4, 0.5) is 0 Å². The van der Waals surface area contributed by atoms with Crippen LogP contribution < -0.4 is 0 Å². The van der Waals surface area contributed by atoms with Gasteiger partial charge in [0.15, 0.2) is 5.15 Å². The first-order chi connectivity index (χ1) is 4.74. The Hall–Kier alpha value is -0.850. The van der Waals surface area contributed by atoms with Crippen molar-refractivity contribution < 1.29 is 0 Å². The van der Waals surface area contributed by atoms with Crippen molar-refractivity contribution >= 4 is 23.2 Å². The lowest BCUT2D eigenvalue weighted by Gasteiger charge is -1.90. The van der Waals surface area contributed by atoms with Crippen molar-refractivity contribution in [2.24, 2.45) is 0 Å².